The van der Waals surface area contributed by atoms with Crippen LogP contribution in [0, 0.1) is 6.92 Å². The average molecular weight is 236 g/mol. The first-order valence-corrected chi connectivity index (χ1v) is 6.10. The van der Waals surface area contributed by atoms with Crippen molar-refractivity contribution in [2.75, 3.05) is 32.1 Å². The van der Waals surface area contributed by atoms with Crippen LogP contribution in [0.1, 0.15) is 18.9 Å². The Kier molecular flexibility index (Phi) is 3.78. The third-order valence-corrected chi connectivity index (χ3v) is 3.05. The Morgan fingerprint density at radius 3 is 3.00 bits per heavy atom. The molecule has 1 N–H and O–H groups in total. The lowest BCUT2D eigenvalue weighted by Gasteiger charge is -2.16. The number of nitrogens with zero attached hydrogens (tertiary/aromatic N) is 3. The minimum absolute atomic E-state index is 0.475. The molecule has 1 fully saturated rings. The van der Waals surface area contributed by atoms with E-state index in [0.717, 1.165) is 30.9 Å². The summed E-state index contributed by atoms with van der Waals surface area (Å²) in [7, 11) is 2.14. The monoisotopic (exact) mass is 236 g/mol. The van der Waals surface area contributed by atoms with Gasteiger partial charge in [0.1, 0.15) is 12.1 Å². The normalized spacial score (nSPS) is 20.5. The first-order valence-electron chi connectivity index (χ1n) is 6.10. The van der Waals surface area contributed by atoms with Crippen LogP contribution in [0.25, 0.3) is 0 Å². The van der Waals surface area contributed by atoms with E-state index in [9.17, 15) is 0 Å². The lowest BCUT2D eigenvalue weighted by molar-refractivity contribution is 0.323. The van der Waals surface area contributed by atoms with Crippen LogP contribution in [0.4, 0.5) is 5.82 Å². The average Bonchev–Trinajstić information content (AvgIpc) is 2.70. The minimum atomic E-state index is 0.475. The second kappa shape index (κ2) is 5.31. The number of likely N-dealkylation sites (tertiary alicyclic amines) is 1. The van der Waals surface area contributed by atoms with Crippen molar-refractivity contribution in [1.29, 1.82) is 0 Å². The molecule has 1 atom stereocenters. The van der Waals surface area contributed by atoms with Crippen LogP contribution in [-0.4, -0.2) is 47.7 Å². The molecular formula is C12H20N4O. The molecule has 0 aliphatic carbocycles. The molecule has 1 unspecified atom stereocenters. The number of hydrogen-bond donors (Lipinski definition) is 1. The molecule has 1 aliphatic rings. The molecule has 2 heterocycles. The lowest BCUT2D eigenvalue weighted by Crippen LogP contribution is -2.24. The summed E-state index contributed by atoms with van der Waals surface area (Å²) in [6.45, 7) is 6.78. The van der Waals surface area contributed by atoms with Gasteiger partial charge in [-0.05, 0) is 33.9 Å². The SMILES string of the molecule is CCOc1ncnc(NC2CCN(C)C2)c1C. The first-order chi connectivity index (χ1) is 8.20. The van der Waals surface area contributed by atoms with Gasteiger partial charge in [-0.25, -0.2) is 9.97 Å². The Balaban J connectivity index is 2.07. The summed E-state index contributed by atoms with van der Waals surface area (Å²) in [4.78, 5) is 10.7. The van der Waals surface area contributed by atoms with Crippen LogP contribution in [0.3, 0.4) is 0 Å². The van der Waals surface area contributed by atoms with Crippen molar-refractivity contribution in [1.82, 2.24) is 14.9 Å². The van der Waals surface area contributed by atoms with Gasteiger partial charge in [0.2, 0.25) is 5.88 Å². The third kappa shape index (κ3) is 2.85. The molecule has 0 bridgehead atoms. The summed E-state index contributed by atoms with van der Waals surface area (Å²) >= 11 is 0. The fourth-order valence-electron chi connectivity index (χ4n) is 2.11. The van der Waals surface area contributed by atoms with E-state index in [1.54, 1.807) is 6.33 Å². The number of hydrogen-bond acceptors (Lipinski definition) is 5. The van der Waals surface area contributed by atoms with Gasteiger partial charge in [0.05, 0.1) is 12.2 Å². The maximum Gasteiger partial charge on any atom is 0.221 e. The molecule has 5 nitrogen and oxygen atoms in total. The van der Waals surface area contributed by atoms with Crippen LogP contribution in [0.15, 0.2) is 6.33 Å². The molecule has 1 aromatic rings. The second-order valence-corrected chi connectivity index (χ2v) is 4.48. The highest BCUT2D eigenvalue weighted by atomic mass is 16.5. The van der Waals surface area contributed by atoms with Gasteiger partial charge in [0, 0.05) is 12.6 Å². The van der Waals surface area contributed by atoms with Crippen molar-refractivity contribution in [3.63, 3.8) is 0 Å². The Labute approximate surface area is 102 Å². The van der Waals surface area contributed by atoms with Crippen LogP contribution >= 0.6 is 0 Å². The molecule has 0 spiro atoms. The largest absolute Gasteiger partial charge is 0.478 e. The summed E-state index contributed by atoms with van der Waals surface area (Å²) in [6.07, 6.45) is 2.71. The van der Waals surface area contributed by atoms with Crippen LogP contribution in [0.5, 0.6) is 5.88 Å². The molecule has 0 amide bonds. The minimum Gasteiger partial charge on any atom is -0.478 e. The zero-order valence-electron chi connectivity index (χ0n) is 10.7. The Bertz CT molecular complexity index is 383. The summed E-state index contributed by atoms with van der Waals surface area (Å²) in [6, 6.07) is 0.475. The third-order valence-electron chi connectivity index (χ3n) is 3.05. The first kappa shape index (κ1) is 12.1. The zero-order valence-corrected chi connectivity index (χ0v) is 10.7. The second-order valence-electron chi connectivity index (χ2n) is 4.48. The summed E-state index contributed by atoms with van der Waals surface area (Å²) < 4.78 is 5.46. The summed E-state index contributed by atoms with van der Waals surface area (Å²) in [5, 5.41) is 3.47. The molecule has 0 aromatic carbocycles. The number of likely N-dealkylation sites (N-methyl/N-ethyl adjacent to an activating group) is 1. The van der Waals surface area contributed by atoms with Gasteiger partial charge in [-0.3, -0.25) is 0 Å². The van der Waals surface area contributed by atoms with Crippen LogP contribution in [0.2, 0.25) is 0 Å². The van der Waals surface area contributed by atoms with Gasteiger partial charge < -0.3 is 15.0 Å². The maximum atomic E-state index is 5.46. The highest BCUT2D eigenvalue weighted by Crippen LogP contribution is 2.22. The highest BCUT2D eigenvalue weighted by molar-refractivity contribution is 5.48. The van der Waals surface area contributed by atoms with E-state index in [4.69, 9.17) is 4.74 Å². The number of ether oxygens (including phenoxy) is 1. The topological polar surface area (TPSA) is 50.3 Å². The molecule has 0 saturated carbocycles. The Morgan fingerprint density at radius 1 is 1.53 bits per heavy atom. The van der Waals surface area contributed by atoms with E-state index in [2.05, 4.69) is 27.2 Å². The predicted octanol–water partition coefficient (Wildman–Crippen LogP) is 1.30. The van der Waals surface area contributed by atoms with Crippen molar-refractivity contribution < 1.29 is 4.74 Å². The Hall–Kier alpha value is -1.36. The van der Waals surface area contributed by atoms with Crippen molar-refractivity contribution in [2.45, 2.75) is 26.3 Å². The smallest absolute Gasteiger partial charge is 0.221 e. The standard InChI is InChI=1S/C12H20N4O/c1-4-17-12-9(2)11(13-8-14-12)15-10-5-6-16(3)7-10/h8,10H,4-7H2,1-3H3,(H,13,14,15). The predicted molar refractivity (Wildman–Crippen MR) is 67.5 cm³/mol. The number of rotatable bonds is 4. The molecule has 0 radical (unpaired) electrons. The Morgan fingerprint density at radius 2 is 2.35 bits per heavy atom. The number of anilines is 1. The van der Waals surface area contributed by atoms with Gasteiger partial charge in [0.15, 0.2) is 0 Å². The van der Waals surface area contributed by atoms with E-state index < -0.39 is 0 Å². The number of nitrogens with one attached hydrogen (secondary N) is 1. The molecule has 94 valence electrons. The highest BCUT2D eigenvalue weighted by Gasteiger charge is 2.20. The van der Waals surface area contributed by atoms with Crippen molar-refractivity contribution in [3.8, 4) is 5.88 Å². The van der Waals surface area contributed by atoms with Crippen molar-refractivity contribution in [3.05, 3.63) is 11.9 Å². The van der Waals surface area contributed by atoms with Gasteiger partial charge in [0.25, 0.3) is 0 Å². The molecule has 1 aliphatic heterocycles. The summed E-state index contributed by atoms with van der Waals surface area (Å²) in [5.74, 6) is 1.57. The molecule has 17 heavy (non-hydrogen) atoms. The van der Waals surface area contributed by atoms with Crippen LogP contribution < -0.4 is 10.1 Å². The molecule has 5 heteroatoms. The fourth-order valence-corrected chi connectivity index (χ4v) is 2.11. The quantitative estimate of drug-likeness (QED) is 0.854. The van der Waals surface area contributed by atoms with Crippen molar-refractivity contribution >= 4 is 5.82 Å². The van der Waals surface area contributed by atoms with E-state index in [0.29, 0.717) is 18.5 Å². The maximum absolute atomic E-state index is 5.46. The molecule has 1 aromatic heterocycles. The van der Waals surface area contributed by atoms with E-state index in [1.165, 1.54) is 0 Å². The van der Waals surface area contributed by atoms with Gasteiger partial charge in [-0.15, -0.1) is 0 Å². The molecule has 1 saturated heterocycles. The van der Waals surface area contributed by atoms with Gasteiger partial charge in [-0.2, -0.15) is 0 Å². The van der Waals surface area contributed by atoms with Gasteiger partial charge >= 0.3 is 0 Å². The van der Waals surface area contributed by atoms with Crippen molar-refractivity contribution in [2.24, 2.45) is 0 Å². The van der Waals surface area contributed by atoms with E-state index in [1.807, 2.05) is 13.8 Å². The lowest BCUT2D eigenvalue weighted by atomic mass is 10.2. The van der Waals surface area contributed by atoms with Gasteiger partial charge in [-0.1, -0.05) is 0 Å². The molecular weight excluding hydrogens is 216 g/mol. The van der Waals surface area contributed by atoms with E-state index in [-0.39, 0.29) is 0 Å². The summed E-state index contributed by atoms with van der Waals surface area (Å²) in [5.41, 5.74) is 0.990. The van der Waals surface area contributed by atoms with E-state index >= 15 is 0 Å². The zero-order chi connectivity index (χ0) is 12.3. The fraction of sp³-hybridized carbons (Fsp3) is 0.667. The van der Waals surface area contributed by atoms with Crippen LogP contribution in [-0.2, 0) is 0 Å². The molecule has 2 rings (SSSR count). The number of aromatic nitrogens is 2.